The number of rotatable bonds is 9. The molecule has 0 aromatic carbocycles. The van der Waals surface area contributed by atoms with E-state index in [2.05, 4.69) is 31.1 Å². The van der Waals surface area contributed by atoms with Gasteiger partial charge in [-0.15, -0.1) is 0 Å². The van der Waals surface area contributed by atoms with Crippen molar-refractivity contribution < 1.29 is 9.90 Å². The van der Waals surface area contributed by atoms with Crippen LogP contribution in [-0.4, -0.2) is 48.2 Å². The van der Waals surface area contributed by atoms with Gasteiger partial charge in [0.2, 0.25) is 0 Å². The Labute approximate surface area is 99.0 Å². The quantitative estimate of drug-likeness (QED) is 0.631. The number of likely N-dealkylation sites (N-methyl/N-ethyl adjacent to an activating group) is 1. The third-order valence-electron chi connectivity index (χ3n) is 3.08. The van der Waals surface area contributed by atoms with Crippen molar-refractivity contribution in [1.29, 1.82) is 0 Å². The van der Waals surface area contributed by atoms with Crippen LogP contribution in [0.25, 0.3) is 0 Å². The van der Waals surface area contributed by atoms with E-state index >= 15 is 0 Å². The summed E-state index contributed by atoms with van der Waals surface area (Å²) in [6.45, 7) is 7.80. The van der Waals surface area contributed by atoms with Crippen LogP contribution in [0.2, 0.25) is 0 Å². The van der Waals surface area contributed by atoms with E-state index in [9.17, 15) is 4.79 Å². The van der Waals surface area contributed by atoms with Gasteiger partial charge in [0.15, 0.2) is 0 Å². The number of hydrogen-bond donors (Lipinski definition) is 2. The number of aliphatic carboxylic acids is 1. The molecule has 4 nitrogen and oxygen atoms in total. The van der Waals surface area contributed by atoms with Crippen LogP contribution in [0.5, 0.6) is 0 Å². The molecule has 96 valence electrons. The summed E-state index contributed by atoms with van der Waals surface area (Å²) in [5, 5.41) is 12.0. The molecule has 0 amide bonds. The van der Waals surface area contributed by atoms with Crippen molar-refractivity contribution >= 4 is 5.97 Å². The molecule has 0 aromatic rings. The van der Waals surface area contributed by atoms with Crippen LogP contribution in [0.15, 0.2) is 0 Å². The average molecular weight is 230 g/mol. The van der Waals surface area contributed by atoms with Gasteiger partial charge in [0.1, 0.15) is 6.04 Å². The van der Waals surface area contributed by atoms with Gasteiger partial charge in [-0.3, -0.25) is 4.79 Å². The van der Waals surface area contributed by atoms with Gasteiger partial charge >= 0.3 is 5.97 Å². The molecule has 0 heterocycles. The van der Waals surface area contributed by atoms with Crippen molar-refractivity contribution in [2.24, 2.45) is 0 Å². The Morgan fingerprint density at radius 2 is 1.88 bits per heavy atom. The Morgan fingerprint density at radius 1 is 1.31 bits per heavy atom. The summed E-state index contributed by atoms with van der Waals surface area (Å²) < 4.78 is 0. The molecule has 4 heteroatoms. The number of nitrogens with one attached hydrogen (secondary N) is 1. The van der Waals surface area contributed by atoms with Crippen LogP contribution in [0.3, 0.4) is 0 Å². The number of carboxylic acid groups (broad SMARTS) is 1. The molecule has 16 heavy (non-hydrogen) atoms. The first-order chi connectivity index (χ1) is 7.56. The second-order valence-corrected chi connectivity index (χ2v) is 4.19. The number of nitrogens with zero attached hydrogens (tertiary/aromatic N) is 1. The third-order valence-corrected chi connectivity index (χ3v) is 3.08. The lowest BCUT2D eigenvalue weighted by Crippen LogP contribution is -2.41. The molecular formula is C12H26N2O2. The van der Waals surface area contributed by atoms with Gasteiger partial charge in [-0.25, -0.2) is 0 Å². The largest absolute Gasteiger partial charge is 0.480 e. The molecule has 1 unspecified atom stereocenters. The van der Waals surface area contributed by atoms with E-state index in [1.165, 1.54) is 0 Å². The number of carbonyl (C=O) groups is 1. The lowest BCUT2D eigenvalue weighted by atomic mass is 10.1. The van der Waals surface area contributed by atoms with Crippen molar-refractivity contribution in [2.45, 2.75) is 52.1 Å². The molecule has 0 saturated heterocycles. The first kappa shape index (κ1) is 15.4. The molecule has 1 atom stereocenters. The molecule has 0 spiro atoms. The molecule has 0 aliphatic heterocycles. The van der Waals surface area contributed by atoms with Gasteiger partial charge in [-0.1, -0.05) is 20.8 Å². The zero-order valence-corrected chi connectivity index (χ0v) is 11.0. The van der Waals surface area contributed by atoms with Crippen molar-refractivity contribution in [1.82, 2.24) is 10.2 Å². The Bertz CT molecular complexity index is 193. The highest BCUT2D eigenvalue weighted by Gasteiger charge is 2.18. The van der Waals surface area contributed by atoms with E-state index in [-0.39, 0.29) is 0 Å². The zero-order valence-electron chi connectivity index (χ0n) is 11.0. The van der Waals surface area contributed by atoms with Crippen LogP contribution in [0.1, 0.15) is 40.0 Å². The summed E-state index contributed by atoms with van der Waals surface area (Å²) >= 11 is 0. The lowest BCUT2D eigenvalue weighted by Gasteiger charge is -2.27. The van der Waals surface area contributed by atoms with Crippen molar-refractivity contribution in [2.75, 3.05) is 20.1 Å². The monoisotopic (exact) mass is 230 g/mol. The smallest absolute Gasteiger partial charge is 0.320 e. The molecule has 0 bridgehead atoms. The summed E-state index contributed by atoms with van der Waals surface area (Å²) in [6.07, 6.45) is 2.90. The molecule has 0 saturated carbocycles. The summed E-state index contributed by atoms with van der Waals surface area (Å²) in [6, 6.07) is 0.151. The topological polar surface area (TPSA) is 52.6 Å². The molecule has 2 N–H and O–H groups in total. The summed E-state index contributed by atoms with van der Waals surface area (Å²) in [7, 11) is 2.07. The molecular weight excluding hydrogens is 204 g/mol. The van der Waals surface area contributed by atoms with Crippen molar-refractivity contribution in [3.8, 4) is 0 Å². The second-order valence-electron chi connectivity index (χ2n) is 4.19. The van der Waals surface area contributed by atoms with E-state index in [4.69, 9.17) is 5.11 Å². The van der Waals surface area contributed by atoms with Crippen LogP contribution in [0, 0.1) is 0 Å². The third kappa shape index (κ3) is 5.47. The highest BCUT2D eigenvalue weighted by molar-refractivity contribution is 5.73. The molecule has 0 radical (unpaired) electrons. The zero-order chi connectivity index (χ0) is 12.6. The molecule has 0 aliphatic carbocycles. The van der Waals surface area contributed by atoms with E-state index in [1.807, 2.05) is 6.92 Å². The van der Waals surface area contributed by atoms with Crippen LogP contribution in [0.4, 0.5) is 0 Å². The SMILES string of the molecule is CCNC(CCN(C)C(CC)CC)C(=O)O. The normalized spacial score (nSPS) is 13.4. The molecule has 0 rings (SSSR count). The second kappa shape index (κ2) is 8.53. The summed E-state index contributed by atoms with van der Waals surface area (Å²) in [4.78, 5) is 13.2. The molecule has 0 fully saturated rings. The Hall–Kier alpha value is -0.610. The van der Waals surface area contributed by atoms with Gasteiger partial charge in [0.05, 0.1) is 0 Å². The first-order valence-corrected chi connectivity index (χ1v) is 6.23. The minimum absolute atomic E-state index is 0.415. The number of hydrogen-bond acceptors (Lipinski definition) is 3. The maximum atomic E-state index is 10.9. The summed E-state index contributed by atoms with van der Waals surface area (Å²) in [5.74, 6) is -0.750. The van der Waals surface area contributed by atoms with Gasteiger partial charge in [-0.05, 0) is 32.9 Å². The van der Waals surface area contributed by atoms with Gasteiger partial charge < -0.3 is 15.3 Å². The Morgan fingerprint density at radius 3 is 2.25 bits per heavy atom. The first-order valence-electron chi connectivity index (χ1n) is 6.23. The highest BCUT2D eigenvalue weighted by atomic mass is 16.4. The maximum Gasteiger partial charge on any atom is 0.320 e. The van der Waals surface area contributed by atoms with E-state index < -0.39 is 12.0 Å². The summed E-state index contributed by atoms with van der Waals surface area (Å²) in [5.41, 5.74) is 0. The number of carboxylic acids is 1. The van der Waals surface area contributed by atoms with Crippen LogP contribution >= 0.6 is 0 Å². The van der Waals surface area contributed by atoms with Crippen LogP contribution in [-0.2, 0) is 4.79 Å². The van der Waals surface area contributed by atoms with Gasteiger partial charge in [0.25, 0.3) is 0 Å². The Balaban J connectivity index is 4.03. The van der Waals surface area contributed by atoms with Crippen LogP contribution < -0.4 is 5.32 Å². The van der Waals surface area contributed by atoms with Crippen molar-refractivity contribution in [3.63, 3.8) is 0 Å². The fraction of sp³-hybridized carbons (Fsp3) is 0.917. The minimum Gasteiger partial charge on any atom is -0.480 e. The van der Waals surface area contributed by atoms with Gasteiger partial charge in [0, 0.05) is 12.6 Å². The highest BCUT2D eigenvalue weighted by Crippen LogP contribution is 2.07. The molecule has 0 aromatic heterocycles. The fourth-order valence-electron chi connectivity index (χ4n) is 1.99. The maximum absolute atomic E-state index is 10.9. The lowest BCUT2D eigenvalue weighted by molar-refractivity contribution is -0.139. The van der Waals surface area contributed by atoms with E-state index in [0.29, 0.717) is 19.0 Å². The fourth-order valence-corrected chi connectivity index (χ4v) is 1.99. The van der Waals surface area contributed by atoms with E-state index in [0.717, 1.165) is 19.4 Å². The average Bonchev–Trinajstić information content (AvgIpc) is 2.25. The van der Waals surface area contributed by atoms with E-state index in [1.54, 1.807) is 0 Å². The predicted octanol–water partition coefficient (Wildman–Crippen LogP) is 1.56. The minimum atomic E-state index is -0.750. The standard InChI is InChI=1S/C12H26N2O2/c1-5-10(6-2)14(4)9-8-11(12(15)16)13-7-3/h10-11,13H,5-9H2,1-4H3,(H,15,16). The Kier molecular flexibility index (Phi) is 8.21. The van der Waals surface area contributed by atoms with Gasteiger partial charge in [-0.2, -0.15) is 0 Å². The molecule has 0 aliphatic rings. The van der Waals surface area contributed by atoms with Crippen molar-refractivity contribution in [3.05, 3.63) is 0 Å². The predicted molar refractivity (Wildman–Crippen MR) is 66.7 cm³/mol.